The van der Waals surface area contributed by atoms with Gasteiger partial charge < -0.3 is 4.42 Å². The van der Waals surface area contributed by atoms with E-state index >= 15 is 0 Å². The van der Waals surface area contributed by atoms with Crippen molar-refractivity contribution in [3.63, 3.8) is 0 Å². The third kappa shape index (κ3) is 1.02. The Hall–Kier alpha value is -0.0600. The second-order valence-corrected chi connectivity index (χ2v) is 2.41. The van der Waals surface area contributed by atoms with Gasteiger partial charge in [-0.05, 0) is 6.42 Å². The van der Waals surface area contributed by atoms with Crippen LogP contribution in [-0.4, -0.2) is 4.98 Å². The zero-order chi connectivity index (χ0) is 5.98. The molecular formula is C5H6INO. The summed E-state index contributed by atoms with van der Waals surface area (Å²) in [6.45, 7) is 2.06. The molecule has 0 atom stereocenters. The molecule has 1 aromatic heterocycles. The van der Waals surface area contributed by atoms with E-state index in [1.54, 1.807) is 0 Å². The van der Waals surface area contributed by atoms with Gasteiger partial charge in [0.15, 0.2) is 10.2 Å². The lowest BCUT2D eigenvalue weighted by Crippen LogP contribution is -1.79. The van der Waals surface area contributed by atoms with Gasteiger partial charge in [-0.2, -0.15) is 0 Å². The predicted octanol–water partition coefficient (Wildman–Crippen LogP) is 1.84. The molecular weight excluding hydrogens is 217 g/mol. The summed E-state index contributed by atoms with van der Waals surface area (Å²) >= 11 is 2.13. The Bertz CT molecular complexity index is 173. The second-order valence-electron chi connectivity index (χ2n) is 1.43. The molecule has 0 aliphatic heterocycles. The van der Waals surface area contributed by atoms with Crippen LogP contribution in [0.2, 0.25) is 0 Å². The minimum absolute atomic E-state index is 0.908. The Labute approximate surface area is 61.4 Å². The van der Waals surface area contributed by atoms with Gasteiger partial charge in [-0.3, -0.25) is 0 Å². The minimum Gasteiger partial charge on any atom is -0.437 e. The van der Waals surface area contributed by atoms with Crippen molar-refractivity contribution in [2.24, 2.45) is 0 Å². The van der Waals surface area contributed by atoms with Gasteiger partial charge >= 0.3 is 0 Å². The van der Waals surface area contributed by atoms with Gasteiger partial charge in [0.25, 0.3) is 0 Å². The summed E-state index contributed by atoms with van der Waals surface area (Å²) < 4.78 is 5.84. The van der Waals surface area contributed by atoms with Crippen LogP contribution in [0.4, 0.5) is 0 Å². The van der Waals surface area contributed by atoms with Crippen LogP contribution in [0.1, 0.15) is 12.6 Å². The van der Waals surface area contributed by atoms with E-state index < -0.39 is 0 Å². The molecule has 0 unspecified atom stereocenters. The number of aromatic nitrogens is 1. The highest BCUT2D eigenvalue weighted by molar-refractivity contribution is 14.1. The van der Waals surface area contributed by atoms with Gasteiger partial charge in [-0.15, -0.1) is 0 Å². The zero-order valence-electron chi connectivity index (χ0n) is 4.52. The number of aryl methyl sites for hydroxylation is 1. The van der Waals surface area contributed by atoms with E-state index in [0.717, 1.165) is 15.9 Å². The smallest absolute Gasteiger partial charge is 0.187 e. The highest BCUT2D eigenvalue weighted by Crippen LogP contribution is 2.08. The average Bonchev–Trinajstić information content (AvgIpc) is 2.14. The molecule has 1 heterocycles. The SMILES string of the molecule is CCc1ncoc1I. The second kappa shape index (κ2) is 2.48. The molecule has 0 radical (unpaired) electrons. The van der Waals surface area contributed by atoms with Crippen molar-refractivity contribution < 1.29 is 4.42 Å². The lowest BCUT2D eigenvalue weighted by Gasteiger charge is -1.82. The zero-order valence-corrected chi connectivity index (χ0v) is 6.68. The lowest BCUT2D eigenvalue weighted by atomic mass is 10.4. The largest absolute Gasteiger partial charge is 0.437 e. The van der Waals surface area contributed by atoms with Crippen LogP contribution >= 0.6 is 22.6 Å². The molecule has 3 heteroatoms. The van der Waals surface area contributed by atoms with Crippen LogP contribution in [0.15, 0.2) is 10.8 Å². The standard InChI is InChI=1S/C5H6INO/c1-2-4-5(6)8-3-7-4/h3H,2H2,1H3. The molecule has 44 valence electrons. The van der Waals surface area contributed by atoms with Crippen LogP contribution in [-0.2, 0) is 6.42 Å². The highest BCUT2D eigenvalue weighted by atomic mass is 127. The van der Waals surface area contributed by atoms with E-state index in [2.05, 4.69) is 34.5 Å². The van der Waals surface area contributed by atoms with Crippen LogP contribution in [0.3, 0.4) is 0 Å². The summed E-state index contributed by atoms with van der Waals surface area (Å²) in [7, 11) is 0. The number of hydrogen-bond donors (Lipinski definition) is 0. The molecule has 8 heavy (non-hydrogen) atoms. The van der Waals surface area contributed by atoms with Gasteiger partial charge in [0.05, 0.1) is 5.69 Å². The number of nitrogens with zero attached hydrogens (tertiary/aromatic N) is 1. The summed E-state index contributed by atoms with van der Waals surface area (Å²) in [5.41, 5.74) is 1.05. The predicted molar refractivity (Wildman–Crippen MR) is 38.6 cm³/mol. The lowest BCUT2D eigenvalue weighted by molar-refractivity contribution is 0.528. The van der Waals surface area contributed by atoms with E-state index in [1.165, 1.54) is 6.39 Å². The Morgan fingerprint density at radius 2 is 2.62 bits per heavy atom. The van der Waals surface area contributed by atoms with Crippen LogP contribution < -0.4 is 0 Å². The van der Waals surface area contributed by atoms with E-state index in [1.807, 2.05) is 0 Å². The third-order valence-corrected chi connectivity index (χ3v) is 1.80. The first-order chi connectivity index (χ1) is 3.84. The normalized spacial score (nSPS) is 9.75. The molecule has 1 aromatic rings. The fourth-order valence-corrected chi connectivity index (χ4v) is 1.12. The molecule has 1 rings (SSSR count). The van der Waals surface area contributed by atoms with Gasteiger partial charge in [-0.1, -0.05) is 6.92 Å². The molecule has 2 nitrogen and oxygen atoms in total. The Balaban J connectivity index is 2.92. The van der Waals surface area contributed by atoms with Crippen molar-refractivity contribution in [1.29, 1.82) is 0 Å². The number of oxazole rings is 1. The molecule has 0 aromatic carbocycles. The van der Waals surface area contributed by atoms with Crippen molar-refractivity contribution >= 4 is 22.6 Å². The number of rotatable bonds is 1. The topological polar surface area (TPSA) is 26.0 Å². The number of hydrogen-bond acceptors (Lipinski definition) is 2. The van der Waals surface area contributed by atoms with Crippen molar-refractivity contribution in [1.82, 2.24) is 4.98 Å². The summed E-state index contributed by atoms with van der Waals surface area (Å²) in [6.07, 6.45) is 2.43. The summed E-state index contributed by atoms with van der Waals surface area (Å²) in [4.78, 5) is 3.96. The molecule has 0 spiro atoms. The van der Waals surface area contributed by atoms with E-state index in [4.69, 9.17) is 4.42 Å². The summed E-state index contributed by atoms with van der Waals surface area (Å²) in [5, 5.41) is 0. The first-order valence-electron chi connectivity index (χ1n) is 2.42. The molecule has 0 fully saturated rings. The molecule has 0 bridgehead atoms. The van der Waals surface area contributed by atoms with Gasteiger partial charge in [0, 0.05) is 22.6 Å². The molecule has 0 aliphatic rings. The highest BCUT2D eigenvalue weighted by Gasteiger charge is 1.98. The van der Waals surface area contributed by atoms with Crippen molar-refractivity contribution in [2.75, 3.05) is 0 Å². The molecule has 0 amide bonds. The first-order valence-corrected chi connectivity index (χ1v) is 3.50. The van der Waals surface area contributed by atoms with Crippen molar-refractivity contribution in [3.8, 4) is 0 Å². The quantitative estimate of drug-likeness (QED) is 0.679. The van der Waals surface area contributed by atoms with Crippen molar-refractivity contribution in [3.05, 3.63) is 15.9 Å². The maximum absolute atomic E-state index is 4.93. The van der Waals surface area contributed by atoms with E-state index in [-0.39, 0.29) is 0 Å². The summed E-state index contributed by atoms with van der Waals surface area (Å²) in [6, 6.07) is 0. The van der Waals surface area contributed by atoms with Crippen LogP contribution in [0, 0.1) is 3.77 Å². The van der Waals surface area contributed by atoms with Crippen LogP contribution in [0.5, 0.6) is 0 Å². The van der Waals surface area contributed by atoms with E-state index in [0.29, 0.717) is 0 Å². The van der Waals surface area contributed by atoms with E-state index in [9.17, 15) is 0 Å². The molecule has 0 saturated carbocycles. The first kappa shape index (κ1) is 6.07. The van der Waals surface area contributed by atoms with Gasteiger partial charge in [-0.25, -0.2) is 4.98 Å². The van der Waals surface area contributed by atoms with Gasteiger partial charge in [0.1, 0.15) is 0 Å². The van der Waals surface area contributed by atoms with Crippen molar-refractivity contribution in [2.45, 2.75) is 13.3 Å². The molecule has 0 aliphatic carbocycles. The fourth-order valence-electron chi connectivity index (χ4n) is 0.485. The maximum atomic E-state index is 4.93. The maximum Gasteiger partial charge on any atom is 0.187 e. The third-order valence-electron chi connectivity index (χ3n) is 0.926. The Morgan fingerprint density at radius 1 is 1.88 bits per heavy atom. The Kier molecular flexibility index (Phi) is 1.88. The monoisotopic (exact) mass is 223 g/mol. The summed E-state index contributed by atoms with van der Waals surface area (Å²) in [5.74, 6) is 0. The van der Waals surface area contributed by atoms with Crippen LogP contribution in [0.25, 0.3) is 0 Å². The minimum atomic E-state index is 0.908. The Morgan fingerprint density at radius 3 is 2.88 bits per heavy atom. The van der Waals surface area contributed by atoms with Gasteiger partial charge in [0.2, 0.25) is 0 Å². The fraction of sp³-hybridized carbons (Fsp3) is 0.400. The molecule has 0 N–H and O–H groups in total. The average molecular weight is 223 g/mol. The number of halogens is 1. The molecule has 0 saturated heterocycles.